The number of hydrogen-bond acceptors (Lipinski definition) is 7. The Balaban J connectivity index is 1.68. The zero-order chi connectivity index (χ0) is 17.6. The third-order valence-corrected chi connectivity index (χ3v) is 3.52. The molecular weight excluding hydrogens is 346 g/mol. The SMILES string of the molecule is CCOc1cc(-n2cc(COc3ncc(OC)cn3)nn2)ccc1Cl. The van der Waals surface area contributed by atoms with Crippen LogP contribution in [0.1, 0.15) is 12.6 Å². The molecule has 0 aliphatic carbocycles. The molecule has 0 fully saturated rings. The molecule has 2 heterocycles. The van der Waals surface area contributed by atoms with Crippen molar-refractivity contribution >= 4 is 11.6 Å². The van der Waals surface area contributed by atoms with E-state index >= 15 is 0 Å². The lowest BCUT2D eigenvalue weighted by molar-refractivity contribution is 0.274. The molecule has 8 nitrogen and oxygen atoms in total. The first-order chi connectivity index (χ1) is 12.2. The van der Waals surface area contributed by atoms with Gasteiger partial charge in [-0.1, -0.05) is 16.8 Å². The Hall–Kier alpha value is -2.87. The van der Waals surface area contributed by atoms with Gasteiger partial charge in [-0.3, -0.25) is 0 Å². The van der Waals surface area contributed by atoms with Crippen LogP contribution in [0.25, 0.3) is 5.69 Å². The van der Waals surface area contributed by atoms with E-state index in [4.69, 9.17) is 25.8 Å². The van der Waals surface area contributed by atoms with Crippen LogP contribution in [0.4, 0.5) is 0 Å². The summed E-state index contributed by atoms with van der Waals surface area (Å²) in [5, 5.41) is 8.70. The number of nitrogens with zero attached hydrogens (tertiary/aromatic N) is 5. The predicted octanol–water partition coefficient (Wildman–Crippen LogP) is 2.70. The van der Waals surface area contributed by atoms with Gasteiger partial charge in [-0.25, -0.2) is 4.68 Å². The zero-order valence-corrected chi connectivity index (χ0v) is 14.5. The average molecular weight is 362 g/mol. The van der Waals surface area contributed by atoms with Gasteiger partial charge in [0, 0.05) is 6.07 Å². The summed E-state index contributed by atoms with van der Waals surface area (Å²) < 4.78 is 17.6. The molecule has 0 saturated carbocycles. The van der Waals surface area contributed by atoms with Crippen LogP contribution in [0.3, 0.4) is 0 Å². The number of ether oxygens (including phenoxy) is 3. The summed E-state index contributed by atoms with van der Waals surface area (Å²) in [6, 6.07) is 5.62. The summed E-state index contributed by atoms with van der Waals surface area (Å²) in [7, 11) is 1.55. The Kier molecular flexibility index (Phi) is 5.30. The smallest absolute Gasteiger partial charge is 0.316 e. The summed E-state index contributed by atoms with van der Waals surface area (Å²) in [6.07, 6.45) is 4.81. The molecule has 2 aromatic heterocycles. The summed E-state index contributed by atoms with van der Waals surface area (Å²) in [4.78, 5) is 8.05. The molecular formula is C16H16ClN5O3. The van der Waals surface area contributed by atoms with Crippen molar-refractivity contribution in [3.8, 4) is 23.2 Å². The third-order valence-electron chi connectivity index (χ3n) is 3.21. The number of benzene rings is 1. The molecule has 1 aromatic carbocycles. The number of hydrogen-bond donors (Lipinski definition) is 0. The fourth-order valence-electron chi connectivity index (χ4n) is 2.01. The van der Waals surface area contributed by atoms with Crippen LogP contribution in [-0.4, -0.2) is 38.7 Å². The molecule has 130 valence electrons. The Labute approximate surface area is 149 Å². The highest BCUT2D eigenvalue weighted by Gasteiger charge is 2.08. The molecule has 0 radical (unpaired) electrons. The second-order valence-corrected chi connectivity index (χ2v) is 5.30. The van der Waals surface area contributed by atoms with E-state index in [0.717, 1.165) is 5.69 Å². The number of rotatable bonds is 7. The van der Waals surface area contributed by atoms with Crippen LogP contribution in [-0.2, 0) is 6.61 Å². The Morgan fingerprint density at radius 2 is 1.96 bits per heavy atom. The van der Waals surface area contributed by atoms with Gasteiger partial charge in [-0.05, 0) is 19.1 Å². The van der Waals surface area contributed by atoms with E-state index in [1.807, 2.05) is 13.0 Å². The van der Waals surface area contributed by atoms with Crippen molar-refractivity contribution in [3.05, 3.63) is 47.5 Å². The van der Waals surface area contributed by atoms with E-state index < -0.39 is 0 Å². The van der Waals surface area contributed by atoms with Gasteiger partial charge in [0.2, 0.25) is 0 Å². The molecule has 0 unspecified atom stereocenters. The van der Waals surface area contributed by atoms with E-state index in [-0.39, 0.29) is 12.6 Å². The minimum absolute atomic E-state index is 0.193. The Morgan fingerprint density at radius 3 is 2.68 bits per heavy atom. The fourth-order valence-corrected chi connectivity index (χ4v) is 2.19. The number of halogens is 1. The molecule has 9 heteroatoms. The molecule has 0 aliphatic heterocycles. The summed E-state index contributed by atoms with van der Waals surface area (Å²) in [6.45, 7) is 2.62. The van der Waals surface area contributed by atoms with Crippen LogP contribution in [0, 0.1) is 0 Å². The average Bonchev–Trinajstić information content (AvgIpc) is 3.11. The van der Waals surface area contributed by atoms with Crippen molar-refractivity contribution in [2.24, 2.45) is 0 Å². The molecule has 0 aliphatic rings. The van der Waals surface area contributed by atoms with Crippen molar-refractivity contribution in [1.82, 2.24) is 25.0 Å². The topological polar surface area (TPSA) is 84.2 Å². The predicted molar refractivity (Wildman–Crippen MR) is 90.5 cm³/mol. The van der Waals surface area contributed by atoms with Crippen LogP contribution in [0.2, 0.25) is 5.02 Å². The van der Waals surface area contributed by atoms with E-state index in [9.17, 15) is 0 Å². The van der Waals surface area contributed by atoms with E-state index in [1.165, 1.54) is 12.4 Å². The van der Waals surface area contributed by atoms with Gasteiger partial charge in [0.1, 0.15) is 18.1 Å². The lowest BCUT2D eigenvalue weighted by atomic mass is 10.3. The molecule has 0 amide bonds. The van der Waals surface area contributed by atoms with Gasteiger partial charge < -0.3 is 14.2 Å². The molecule has 0 spiro atoms. The van der Waals surface area contributed by atoms with Crippen molar-refractivity contribution in [2.75, 3.05) is 13.7 Å². The first-order valence-corrected chi connectivity index (χ1v) is 7.90. The van der Waals surface area contributed by atoms with Crippen LogP contribution in [0.5, 0.6) is 17.5 Å². The van der Waals surface area contributed by atoms with E-state index in [1.54, 1.807) is 30.1 Å². The molecule has 0 N–H and O–H groups in total. The first kappa shape index (κ1) is 17.0. The first-order valence-electron chi connectivity index (χ1n) is 7.52. The zero-order valence-electron chi connectivity index (χ0n) is 13.7. The third kappa shape index (κ3) is 4.16. The van der Waals surface area contributed by atoms with Crippen molar-refractivity contribution in [3.63, 3.8) is 0 Å². The Bertz CT molecular complexity index is 838. The lowest BCUT2D eigenvalue weighted by Gasteiger charge is -2.07. The second-order valence-electron chi connectivity index (χ2n) is 4.90. The largest absolute Gasteiger partial charge is 0.494 e. The summed E-state index contributed by atoms with van der Waals surface area (Å²) >= 11 is 6.09. The van der Waals surface area contributed by atoms with Crippen LogP contribution in [0.15, 0.2) is 36.8 Å². The van der Waals surface area contributed by atoms with E-state index in [0.29, 0.717) is 28.8 Å². The monoisotopic (exact) mass is 361 g/mol. The maximum Gasteiger partial charge on any atom is 0.316 e. The van der Waals surface area contributed by atoms with Gasteiger partial charge in [0.15, 0.2) is 5.75 Å². The highest BCUT2D eigenvalue weighted by atomic mass is 35.5. The highest BCUT2D eigenvalue weighted by Crippen LogP contribution is 2.27. The van der Waals surface area contributed by atoms with Gasteiger partial charge in [0.05, 0.1) is 43.0 Å². The summed E-state index contributed by atoms with van der Waals surface area (Å²) in [5.74, 6) is 1.16. The van der Waals surface area contributed by atoms with Gasteiger partial charge >= 0.3 is 6.01 Å². The maximum absolute atomic E-state index is 6.09. The maximum atomic E-state index is 6.09. The molecule has 25 heavy (non-hydrogen) atoms. The Morgan fingerprint density at radius 1 is 1.16 bits per heavy atom. The van der Waals surface area contributed by atoms with Crippen molar-refractivity contribution in [1.29, 1.82) is 0 Å². The number of methoxy groups -OCH3 is 1. The minimum Gasteiger partial charge on any atom is -0.494 e. The fraction of sp³-hybridized carbons (Fsp3) is 0.250. The second kappa shape index (κ2) is 7.80. The van der Waals surface area contributed by atoms with Crippen LogP contribution >= 0.6 is 11.6 Å². The van der Waals surface area contributed by atoms with E-state index in [2.05, 4.69) is 20.3 Å². The quantitative estimate of drug-likeness (QED) is 0.639. The molecule has 3 aromatic rings. The normalized spacial score (nSPS) is 10.5. The summed E-state index contributed by atoms with van der Waals surface area (Å²) in [5.41, 5.74) is 1.42. The van der Waals surface area contributed by atoms with Crippen LogP contribution < -0.4 is 14.2 Å². The number of aromatic nitrogens is 5. The van der Waals surface area contributed by atoms with Gasteiger partial charge in [-0.2, -0.15) is 9.97 Å². The molecule has 0 saturated heterocycles. The van der Waals surface area contributed by atoms with Gasteiger partial charge in [-0.15, -0.1) is 5.10 Å². The minimum atomic E-state index is 0.193. The highest BCUT2D eigenvalue weighted by molar-refractivity contribution is 6.32. The molecule has 0 atom stereocenters. The van der Waals surface area contributed by atoms with Crippen molar-refractivity contribution in [2.45, 2.75) is 13.5 Å². The standard InChI is InChI=1S/C16H16ClN5O3/c1-3-24-15-6-12(4-5-14(15)17)22-9-11(20-21-22)10-25-16-18-7-13(23-2)8-19-16/h4-9H,3,10H2,1-2H3. The lowest BCUT2D eigenvalue weighted by Crippen LogP contribution is -2.00. The molecule has 0 bridgehead atoms. The molecule has 3 rings (SSSR count). The van der Waals surface area contributed by atoms with Crippen molar-refractivity contribution < 1.29 is 14.2 Å². The van der Waals surface area contributed by atoms with Gasteiger partial charge in [0.25, 0.3) is 0 Å².